The van der Waals surface area contributed by atoms with Crippen LogP contribution in [-0.4, -0.2) is 16.1 Å². The minimum Gasteiger partial charge on any atom is -0.326 e. The molecular formula is C25H16Cl4F2N2O2. The topological polar surface area (TPSA) is 58.2 Å². The predicted molar refractivity (Wildman–Crippen MR) is 137 cm³/mol. The highest BCUT2D eigenvalue weighted by atomic mass is 35.5. The van der Waals surface area contributed by atoms with E-state index in [4.69, 9.17) is 46.4 Å². The fourth-order valence-corrected chi connectivity index (χ4v) is 4.98. The van der Waals surface area contributed by atoms with Crippen molar-refractivity contribution in [1.29, 1.82) is 0 Å². The molecule has 0 heterocycles. The smallest absolute Gasteiger partial charge is 0.257 e. The second kappa shape index (κ2) is 9.78. The SMILES string of the molecule is C=Cc1cc(C2C(C(=O)Nc3ccc(Cl)c(C(=O)Nc4ccc(F)cc4F)c3)C2(Cl)Cl)ccc1Cl. The molecule has 0 bridgehead atoms. The van der Waals surface area contributed by atoms with E-state index in [1.807, 2.05) is 0 Å². The quantitative estimate of drug-likeness (QED) is 0.306. The molecule has 10 heteroatoms. The Kier molecular flexibility index (Phi) is 7.11. The molecule has 2 amide bonds. The van der Waals surface area contributed by atoms with Gasteiger partial charge in [-0.05, 0) is 53.6 Å². The van der Waals surface area contributed by atoms with E-state index in [0.29, 0.717) is 16.7 Å². The summed E-state index contributed by atoms with van der Waals surface area (Å²) in [6.45, 7) is 3.71. The van der Waals surface area contributed by atoms with Crippen molar-refractivity contribution < 1.29 is 18.4 Å². The minimum atomic E-state index is -1.34. The highest BCUT2D eigenvalue weighted by Crippen LogP contribution is 2.65. The van der Waals surface area contributed by atoms with Crippen LogP contribution in [0, 0.1) is 17.6 Å². The molecule has 0 saturated heterocycles. The first-order valence-corrected chi connectivity index (χ1v) is 11.7. The van der Waals surface area contributed by atoms with Crippen LogP contribution in [0.4, 0.5) is 20.2 Å². The maximum absolute atomic E-state index is 13.9. The lowest BCUT2D eigenvalue weighted by Gasteiger charge is -2.11. The standard InChI is InChI=1S/C25H16Cl4F2N2O2/c1-2-12-9-13(3-6-17(12)26)21-22(25(21,28)29)24(35)32-15-5-7-18(27)16(11-15)23(34)33-20-8-4-14(30)10-19(20)31/h2-11,21-22H,1H2,(H,32,35)(H,33,34). The Morgan fingerprint density at radius 1 is 0.943 bits per heavy atom. The fraction of sp³-hybridized carbons (Fsp3) is 0.120. The van der Waals surface area contributed by atoms with Crippen LogP contribution >= 0.6 is 46.4 Å². The Hall–Kier alpha value is -2.64. The molecule has 4 nitrogen and oxygen atoms in total. The first-order chi connectivity index (χ1) is 16.5. The van der Waals surface area contributed by atoms with Gasteiger partial charge in [0.15, 0.2) is 0 Å². The van der Waals surface area contributed by atoms with E-state index >= 15 is 0 Å². The number of benzene rings is 3. The Morgan fingerprint density at radius 2 is 1.66 bits per heavy atom. The van der Waals surface area contributed by atoms with E-state index < -0.39 is 39.6 Å². The van der Waals surface area contributed by atoms with Gasteiger partial charge in [-0.2, -0.15) is 0 Å². The second-order valence-corrected chi connectivity index (χ2v) is 10.1. The van der Waals surface area contributed by atoms with Crippen molar-refractivity contribution in [3.8, 4) is 0 Å². The monoisotopic (exact) mass is 554 g/mol. The van der Waals surface area contributed by atoms with Gasteiger partial charge in [0.25, 0.3) is 5.91 Å². The van der Waals surface area contributed by atoms with Gasteiger partial charge in [-0.25, -0.2) is 8.78 Å². The van der Waals surface area contributed by atoms with Crippen LogP contribution in [0.15, 0.2) is 61.2 Å². The third kappa shape index (κ3) is 5.16. The molecule has 2 N–H and O–H groups in total. The molecule has 1 aliphatic rings. The maximum Gasteiger partial charge on any atom is 0.257 e. The number of carbonyl (C=O) groups is 2. The first-order valence-electron chi connectivity index (χ1n) is 10.2. The Morgan fingerprint density at radius 3 is 2.34 bits per heavy atom. The lowest BCUT2D eigenvalue weighted by molar-refractivity contribution is -0.117. The van der Waals surface area contributed by atoms with Crippen LogP contribution in [0.2, 0.25) is 10.0 Å². The number of hydrogen-bond acceptors (Lipinski definition) is 2. The third-order valence-electron chi connectivity index (χ3n) is 5.59. The van der Waals surface area contributed by atoms with Crippen molar-refractivity contribution in [3.05, 3.63) is 99.5 Å². The summed E-state index contributed by atoms with van der Waals surface area (Å²) in [7, 11) is 0. The molecule has 0 aromatic heterocycles. The zero-order chi connectivity index (χ0) is 25.5. The molecule has 0 radical (unpaired) electrons. The molecule has 3 aromatic rings. The number of carbonyl (C=O) groups excluding carboxylic acids is 2. The number of rotatable bonds is 6. The predicted octanol–water partition coefficient (Wildman–Crippen LogP) is 7.69. The van der Waals surface area contributed by atoms with Gasteiger partial charge >= 0.3 is 0 Å². The van der Waals surface area contributed by atoms with E-state index in [-0.39, 0.29) is 22.0 Å². The molecule has 2 atom stereocenters. The largest absolute Gasteiger partial charge is 0.326 e. The van der Waals surface area contributed by atoms with Crippen LogP contribution in [0.25, 0.3) is 6.08 Å². The second-order valence-electron chi connectivity index (χ2n) is 7.88. The molecule has 1 saturated carbocycles. The molecule has 180 valence electrons. The summed E-state index contributed by atoms with van der Waals surface area (Å²) >= 11 is 25.1. The summed E-state index contributed by atoms with van der Waals surface area (Å²) in [6.07, 6.45) is 1.59. The van der Waals surface area contributed by atoms with E-state index in [9.17, 15) is 18.4 Å². The molecule has 4 rings (SSSR count). The minimum absolute atomic E-state index is 0.0307. The number of alkyl halides is 2. The van der Waals surface area contributed by atoms with Crippen molar-refractivity contribution in [2.24, 2.45) is 5.92 Å². The van der Waals surface area contributed by atoms with Crippen molar-refractivity contribution in [1.82, 2.24) is 0 Å². The average Bonchev–Trinajstić information content (AvgIpc) is 3.39. The van der Waals surface area contributed by atoms with Gasteiger partial charge in [0.05, 0.1) is 22.2 Å². The normalized spacial score (nSPS) is 18.0. The highest BCUT2D eigenvalue weighted by Gasteiger charge is 2.67. The van der Waals surface area contributed by atoms with Gasteiger partial charge < -0.3 is 10.6 Å². The van der Waals surface area contributed by atoms with E-state index in [0.717, 1.165) is 17.7 Å². The van der Waals surface area contributed by atoms with Crippen molar-refractivity contribution >= 4 is 75.7 Å². The number of nitrogens with one attached hydrogen (secondary N) is 2. The van der Waals surface area contributed by atoms with Crippen molar-refractivity contribution in [3.63, 3.8) is 0 Å². The summed E-state index contributed by atoms with van der Waals surface area (Å²) in [4.78, 5) is 25.6. The van der Waals surface area contributed by atoms with Crippen LogP contribution in [0.5, 0.6) is 0 Å². The van der Waals surface area contributed by atoms with Crippen LogP contribution in [0.3, 0.4) is 0 Å². The van der Waals surface area contributed by atoms with Crippen molar-refractivity contribution in [2.75, 3.05) is 10.6 Å². The molecule has 35 heavy (non-hydrogen) atoms. The van der Waals surface area contributed by atoms with E-state index in [2.05, 4.69) is 17.2 Å². The molecule has 1 aliphatic carbocycles. The van der Waals surface area contributed by atoms with Gasteiger partial charge in [-0.3, -0.25) is 9.59 Å². The highest BCUT2D eigenvalue weighted by molar-refractivity contribution is 6.53. The van der Waals surface area contributed by atoms with Gasteiger partial charge in [0.1, 0.15) is 16.0 Å². The number of halogens is 6. The fourth-order valence-electron chi connectivity index (χ4n) is 3.76. The van der Waals surface area contributed by atoms with Crippen LogP contribution < -0.4 is 10.6 Å². The van der Waals surface area contributed by atoms with Crippen LogP contribution in [-0.2, 0) is 4.79 Å². The molecular weight excluding hydrogens is 540 g/mol. The number of anilines is 2. The maximum atomic E-state index is 13.9. The number of amides is 2. The zero-order valence-corrected chi connectivity index (χ0v) is 20.7. The molecule has 3 aromatic carbocycles. The summed E-state index contributed by atoms with van der Waals surface area (Å²) in [5, 5.41) is 5.59. The summed E-state index contributed by atoms with van der Waals surface area (Å²) in [5.41, 5.74) is 1.41. The Labute approximate surface area is 219 Å². The molecule has 0 spiro atoms. The molecule has 1 fully saturated rings. The Bertz CT molecular complexity index is 1360. The van der Waals surface area contributed by atoms with Gasteiger partial charge in [-0.1, -0.05) is 41.9 Å². The van der Waals surface area contributed by atoms with Crippen LogP contribution in [0.1, 0.15) is 27.4 Å². The summed E-state index contributed by atoms with van der Waals surface area (Å²) in [5.74, 6) is -4.20. The molecule has 0 aliphatic heterocycles. The molecule has 2 unspecified atom stereocenters. The van der Waals surface area contributed by atoms with Crippen molar-refractivity contribution in [2.45, 2.75) is 10.3 Å². The van der Waals surface area contributed by atoms with Gasteiger partial charge in [-0.15, -0.1) is 23.2 Å². The van der Waals surface area contributed by atoms with Gasteiger partial charge in [0, 0.05) is 22.7 Å². The first kappa shape index (κ1) is 25.5. The zero-order valence-electron chi connectivity index (χ0n) is 17.7. The third-order valence-corrected chi connectivity index (χ3v) is 7.21. The lowest BCUT2D eigenvalue weighted by Crippen LogP contribution is -2.18. The Balaban J connectivity index is 1.52. The average molecular weight is 556 g/mol. The summed E-state index contributed by atoms with van der Waals surface area (Å²) in [6, 6.07) is 12.2. The van der Waals surface area contributed by atoms with E-state index in [1.165, 1.54) is 18.2 Å². The van der Waals surface area contributed by atoms with E-state index in [1.54, 1.807) is 24.3 Å². The lowest BCUT2D eigenvalue weighted by atomic mass is 10.1. The van der Waals surface area contributed by atoms with Gasteiger partial charge in [0.2, 0.25) is 5.91 Å². The number of hydrogen-bond donors (Lipinski definition) is 2. The summed E-state index contributed by atoms with van der Waals surface area (Å²) < 4.78 is 25.7.